The highest BCUT2D eigenvalue weighted by atomic mass is 16.6. The zero-order chi connectivity index (χ0) is 18.9. The molecule has 26 heavy (non-hydrogen) atoms. The van der Waals surface area contributed by atoms with E-state index in [0.717, 1.165) is 5.56 Å². The van der Waals surface area contributed by atoms with Crippen LogP contribution >= 0.6 is 0 Å². The normalized spacial score (nSPS) is 11.5. The lowest BCUT2D eigenvalue weighted by Gasteiger charge is -2.16. The summed E-state index contributed by atoms with van der Waals surface area (Å²) in [6.45, 7) is -0.0445. The fraction of sp³-hybridized carbons (Fsp3) is 0.316. The van der Waals surface area contributed by atoms with Crippen LogP contribution in [0.25, 0.3) is 0 Å². The average molecular weight is 359 g/mol. The highest BCUT2D eigenvalue weighted by Gasteiger charge is 2.23. The van der Waals surface area contributed by atoms with Gasteiger partial charge in [-0.2, -0.15) is 0 Å². The summed E-state index contributed by atoms with van der Waals surface area (Å²) in [6.07, 6.45) is -0.0814. The zero-order valence-electron chi connectivity index (χ0n) is 14.7. The van der Waals surface area contributed by atoms with Crippen molar-refractivity contribution in [3.63, 3.8) is 0 Å². The Bertz CT molecular complexity index is 747. The second-order valence-corrected chi connectivity index (χ2v) is 5.68. The molecule has 0 amide bonds. The topological polar surface area (TPSA) is 87.9 Å². The van der Waals surface area contributed by atoms with Gasteiger partial charge in [0.1, 0.15) is 6.61 Å². The molecule has 7 nitrogen and oxygen atoms in total. The molecule has 7 heteroatoms. The molecule has 0 saturated heterocycles. The molecule has 0 aromatic heterocycles. The third-order valence-corrected chi connectivity index (χ3v) is 3.91. The molecule has 0 radical (unpaired) electrons. The molecule has 0 fully saturated rings. The van der Waals surface area contributed by atoms with Crippen LogP contribution in [0.1, 0.15) is 23.5 Å². The SMILES string of the molecule is COC(=O)CC(C[N+](=O)[O-])c1ccc(OC)c(OCc2ccccc2)c1. The second kappa shape index (κ2) is 9.41. The molecule has 1 unspecified atom stereocenters. The number of carbonyl (C=O) groups excluding carboxylic acids is 1. The summed E-state index contributed by atoms with van der Waals surface area (Å²) in [6, 6.07) is 14.7. The minimum atomic E-state index is -0.609. The highest BCUT2D eigenvalue weighted by Crippen LogP contribution is 2.33. The van der Waals surface area contributed by atoms with Gasteiger partial charge in [0, 0.05) is 4.92 Å². The Morgan fingerprint density at radius 3 is 2.46 bits per heavy atom. The van der Waals surface area contributed by atoms with Gasteiger partial charge in [-0.1, -0.05) is 36.4 Å². The maximum atomic E-state index is 11.6. The third kappa shape index (κ3) is 5.47. The van der Waals surface area contributed by atoms with Crippen molar-refractivity contribution in [1.29, 1.82) is 0 Å². The minimum Gasteiger partial charge on any atom is -0.493 e. The molecular weight excluding hydrogens is 338 g/mol. The van der Waals surface area contributed by atoms with E-state index in [1.54, 1.807) is 18.2 Å². The number of nitrogens with zero attached hydrogens (tertiary/aromatic N) is 1. The number of nitro groups is 1. The van der Waals surface area contributed by atoms with E-state index in [-0.39, 0.29) is 13.0 Å². The first-order valence-corrected chi connectivity index (χ1v) is 8.06. The minimum absolute atomic E-state index is 0.0814. The van der Waals surface area contributed by atoms with Crippen molar-refractivity contribution in [2.45, 2.75) is 18.9 Å². The van der Waals surface area contributed by atoms with Crippen LogP contribution in [0.3, 0.4) is 0 Å². The maximum absolute atomic E-state index is 11.6. The number of rotatable bonds is 9. The monoisotopic (exact) mass is 359 g/mol. The highest BCUT2D eigenvalue weighted by molar-refractivity contribution is 5.70. The van der Waals surface area contributed by atoms with Crippen LogP contribution in [0.2, 0.25) is 0 Å². The molecule has 0 N–H and O–H groups in total. The smallest absolute Gasteiger partial charge is 0.306 e. The van der Waals surface area contributed by atoms with Crippen LogP contribution in [0.5, 0.6) is 11.5 Å². The Labute approximate surface area is 151 Å². The van der Waals surface area contributed by atoms with Gasteiger partial charge in [0.2, 0.25) is 6.54 Å². The molecule has 0 aliphatic rings. The fourth-order valence-corrected chi connectivity index (χ4v) is 2.55. The molecule has 2 aromatic carbocycles. The predicted octanol–water partition coefficient (Wildman–Crippen LogP) is 3.20. The van der Waals surface area contributed by atoms with Gasteiger partial charge in [0.25, 0.3) is 0 Å². The number of carbonyl (C=O) groups is 1. The number of hydrogen-bond acceptors (Lipinski definition) is 6. The molecule has 0 bridgehead atoms. The average Bonchev–Trinajstić information content (AvgIpc) is 2.66. The third-order valence-electron chi connectivity index (χ3n) is 3.91. The molecule has 1 atom stereocenters. The van der Waals surface area contributed by atoms with E-state index < -0.39 is 16.8 Å². The fourth-order valence-electron chi connectivity index (χ4n) is 2.55. The van der Waals surface area contributed by atoms with Gasteiger partial charge < -0.3 is 14.2 Å². The number of ether oxygens (including phenoxy) is 3. The van der Waals surface area contributed by atoms with Gasteiger partial charge >= 0.3 is 5.97 Å². The molecule has 0 spiro atoms. The van der Waals surface area contributed by atoms with E-state index in [9.17, 15) is 14.9 Å². The summed E-state index contributed by atoms with van der Waals surface area (Å²) in [4.78, 5) is 22.1. The van der Waals surface area contributed by atoms with E-state index in [1.807, 2.05) is 30.3 Å². The van der Waals surface area contributed by atoms with Gasteiger partial charge in [-0.3, -0.25) is 14.9 Å². The van der Waals surface area contributed by atoms with Crippen LogP contribution in [0.4, 0.5) is 0 Å². The number of esters is 1. The molecule has 0 aliphatic carbocycles. The van der Waals surface area contributed by atoms with Crippen molar-refractivity contribution >= 4 is 5.97 Å². The summed E-state index contributed by atoms with van der Waals surface area (Å²) >= 11 is 0. The summed E-state index contributed by atoms with van der Waals surface area (Å²) < 4.78 is 15.8. The van der Waals surface area contributed by atoms with Crippen molar-refractivity contribution in [3.8, 4) is 11.5 Å². The lowest BCUT2D eigenvalue weighted by Crippen LogP contribution is -2.17. The Morgan fingerprint density at radius 2 is 1.85 bits per heavy atom. The van der Waals surface area contributed by atoms with E-state index in [2.05, 4.69) is 4.74 Å². The van der Waals surface area contributed by atoms with E-state index in [4.69, 9.17) is 9.47 Å². The van der Waals surface area contributed by atoms with Crippen LogP contribution in [-0.2, 0) is 16.1 Å². The van der Waals surface area contributed by atoms with Crippen molar-refractivity contribution < 1.29 is 23.9 Å². The van der Waals surface area contributed by atoms with Crippen LogP contribution < -0.4 is 9.47 Å². The quantitative estimate of drug-likeness (QED) is 0.388. The largest absolute Gasteiger partial charge is 0.493 e. The Morgan fingerprint density at radius 1 is 1.12 bits per heavy atom. The summed E-state index contributed by atoms with van der Waals surface area (Å²) in [7, 11) is 2.78. The van der Waals surface area contributed by atoms with Gasteiger partial charge in [0.15, 0.2) is 11.5 Å². The lowest BCUT2D eigenvalue weighted by molar-refractivity contribution is -0.483. The van der Waals surface area contributed by atoms with Crippen molar-refractivity contribution in [1.82, 2.24) is 0 Å². The van der Waals surface area contributed by atoms with Crippen molar-refractivity contribution in [3.05, 3.63) is 69.8 Å². The first-order valence-electron chi connectivity index (χ1n) is 8.06. The first kappa shape index (κ1) is 19.2. The van der Waals surface area contributed by atoms with Crippen LogP contribution in [0, 0.1) is 10.1 Å². The molecule has 138 valence electrons. The molecule has 0 heterocycles. The molecule has 0 saturated carbocycles. The number of benzene rings is 2. The number of hydrogen-bond donors (Lipinski definition) is 0. The first-order chi connectivity index (χ1) is 12.5. The van der Waals surface area contributed by atoms with E-state index in [0.29, 0.717) is 23.7 Å². The van der Waals surface area contributed by atoms with Crippen LogP contribution in [0.15, 0.2) is 48.5 Å². The van der Waals surface area contributed by atoms with Gasteiger partial charge in [-0.05, 0) is 23.3 Å². The standard InChI is InChI=1S/C19H21NO6/c1-24-17-9-8-15(16(12-20(22)23)11-19(21)25-2)10-18(17)26-13-14-6-4-3-5-7-14/h3-10,16H,11-13H2,1-2H3. The second-order valence-electron chi connectivity index (χ2n) is 5.68. The summed E-state index contributed by atoms with van der Waals surface area (Å²) in [5.74, 6) is -0.128. The van der Waals surface area contributed by atoms with E-state index >= 15 is 0 Å². The molecule has 2 rings (SSSR count). The molecule has 0 aliphatic heterocycles. The van der Waals surface area contributed by atoms with Crippen molar-refractivity contribution in [2.75, 3.05) is 20.8 Å². The Balaban J connectivity index is 2.24. The predicted molar refractivity (Wildman–Crippen MR) is 95.0 cm³/mol. The van der Waals surface area contributed by atoms with Gasteiger partial charge in [0.05, 0.1) is 26.6 Å². The summed E-state index contributed by atoms with van der Waals surface area (Å²) in [5.41, 5.74) is 1.60. The molecular formula is C19H21NO6. The molecule has 2 aromatic rings. The number of methoxy groups -OCH3 is 2. The van der Waals surface area contributed by atoms with Gasteiger partial charge in [-0.15, -0.1) is 0 Å². The Hall–Kier alpha value is -3.09. The van der Waals surface area contributed by atoms with Gasteiger partial charge in [-0.25, -0.2) is 0 Å². The lowest BCUT2D eigenvalue weighted by atomic mass is 9.95. The maximum Gasteiger partial charge on any atom is 0.306 e. The summed E-state index contributed by atoms with van der Waals surface area (Å²) in [5, 5.41) is 11.0. The zero-order valence-corrected chi connectivity index (χ0v) is 14.7. The Kier molecular flexibility index (Phi) is 6.96. The van der Waals surface area contributed by atoms with Crippen molar-refractivity contribution in [2.24, 2.45) is 0 Å². The van der Waals surface area contributed by atoms with Crippen LogP contribution in [-0.4, -0.2) is 31.7 Å². The van der Waals surface area contributed by atoms with E-state index in [1.165, 1.54) is 14.2 Å².